The maximum Gasteiger partial charge on any atom is 0.0838 e. The van der Waals surface area contributed by atoms with Crippen molar-refractivity contribution in [2.75, 3.05) is 0 Å². The molecular weight excluding hydrogens is 174 g/mol. The second-order valence-electron chi connectivity index (χ2n) is 5.19. The highest BCUT2D eigenvalue weighted by molar-refractivity contribution is 5.26. The average Bonchev–Trinajstić information content (AvgIpc) is 2.49. The Morgan fingerprint density at radius 3 is 2.57 bits per heavy atom. The predicted octanol–water partition coefficient (Wildman–Crippen LogP) is 2.10. The first-order valence-corrected chi connectivity index (χ1v) is 5.19. The molecule has 2 heterocycles. The summed E-state index contributed by atoms with van der Waals surface area (Å²) in [4.78, 5) is 2.49. The molecular formula is C11H19N3. The molecule has 0 N–H and O–H groups in total. The third-order valence-electron chi connectivity index (χ3n) is 3.00. The van der Waals surface area contributed by atoms with E-state index in [2.05, 4.69) is 43.9 Å². The van der Waals surface area contributed by atoms with E-state index in [1.165, 1.54) is 11.3 Å². The number of rotatable bonds is 0. The minimum atomic E-state index is 0.228. The van der Waals surface area contributed by atoms with Gasteiger partial charge in [0, 0.05) is 30.9 Å². The molecule has 2 rings (SSSR count). The van der Waals surface area contributed by atoms with Crippen LogP contribution in [0.3, 0.4) is 0 Å². The van der Waals surface area contributed by atoms with E-state index in [0.717, 1.165) is 6.54 Å². The Morgan fingerprint density at radius 2 is 2.07 bits per heavy atom. The van der Waals surface area contributed by atoms with Gasteiger partial charge in [-0.3, -0.25) is 9.58 Å². The Labute approximate surface area is 85.7 Å². The molecule has 0 amide bonds. The number of aromatic nitrogens is 2. The molecule has 0 aromatic carbocycles. The van der Waals surface area contributed by atoms with Crippen LogP contribution in [0.2, 0.25) is 0 Å². The van der Waals surface area contributed by atoms with Crippen LogP contribution in [0.4, 0.5) is 0 Å². The minimum absolute atomic E-state index is 0.228. The Balaban J connectivity index is 2.31. The average molecular weight is 193 g/mol. The van der Waals surface area contributed by atoms with Crippen LogP contribution in [0.5, 0.6) is 0 Å². The quantitative estimate of drug-likeness (QED) is 0.629. The molecule has 0 bridgehead atoms. The normalized spacial score (nSPS) is 22.8. The van der Waals surface area contributed by atoms with Crippen LogP contribution in [-0.4, -0.2) is 20.2 Å². The number of hydrogen-bond acceptors (Lipinski definition) is 2. The van der Waals surface area contributed by atoms with Crippen molar-refractivity contribution in [2.45, 2.75) is 45.8 Å². The zero-order valence-corrected chi connectivity index (χ0v) is 9.70. The van der Waals surface area contributed by atoms with Gasteiger partial charge in [-0.1, -0.05) is 0 Å². The minimum Gasteiger partial charge on any atom is -0.286 e. The van der Waals surface area contributed by atoms with Gasteiger partial charge in [-0.15, -0.1) is 0 Å². The lowest BCUT2D eigenvalue weighted by Gasteiger charge is -2.35. The molecule has 1 aliphatic rings. The maximum atomic E-state index is 4.51. The molecule has 1 atom stereocenters. The molecule has 0 radical (unpaired) electrons. The van der Waals surface area contributed by atoms with Crippen molar-refractivity contribution in [2.24, 2.45) is 7.05 Å². The van der Waals surface area contributed by atoms with Crippen LogP contribution in [0, 0.1) is 0 Å². The lowest BCUT2D eigenvalue weighted by molar-refractivity contribution is 0.0974. The monoisotopic (exact) mass is 193 g/mol. The van der Waals surface area contributed by atoms with Crippen molar-refractivity contribution in [1.82, 2.24) is 14.7 Å². The second-order valence-corrected chi connectivity index (χ2v) is 5.19. The van der Waals surface area contributed by atoms with Gasteiger partial charge in [0.25, 0.3) is 0 Å². The summed E-state index contributed by atoms with van der Waals surface area (Å²) in [7, 11) is 1.99. The summed E-state index contributed by atoms with van der Waals surface area (Å²) in [6, 6.07) is 0.450. The molecule has 0 fully saturated rings. The van der Waals surface area contributed by atoms with E-state index in [-0.39, 0.29) is 5.54 Å². The fraction of sp³-hybridized carbons (Fsp3) is 0.727. The fourth-order valence-electron chi connectivity index (χ4n) is 2.31. The number of nitrogens with zero attached hydrogens (tertiary/aromatic N) is 3. The smallest absolute Gasteiger partial charge is 0.0838 e. The van der Waals surface area contributed by atoms with Crippen molar-refractivity contribution < 1.29 is 0 Å². The second kappa shape index (κ2) is 2.83. The lowest BCUT2D eigenvalue weighted by Crippen LogP contribution is -2.39. The third-order valence-corrected chi connectivity index (χ3v) is 3.00. The van der Waals surface area contributed by atoms with Crippen molar-refractivity contribution in [3.63, 3.8) is 0 Å². The lowest BCUT2D eigenvalue weighted by atomic mass is 10.1. The molecule has 1 aromatic rings. The molecule has 0 unspecified atom stereocenters. The zero-order chi connectivity index (χ0) is 10.5. The Morgan fingerprint density at radius 1 is 1.43 bits per heavy atom. The maximum absolute atomic E-state index is 4.51. The fourth-order valence-corrected chi connectivity index (χ4v) is 2.31. The highest BCUT2D eigenvalue weighted by atomic mass is 15.3. The van der Waals surface area contributed by atoms with Crippen LogP contribution in [-0.2, 0) is 13.6 Å². The van der Waals surface area contributed by atoms with Gasteiger partial charge in [0.15, 0.2) is 0 Å². The molecule has 0 aliphatic carbocycles. The van der Waals surface area contributed by atoms with Crippen molar-refractivity contribution >= 4 is 0 Å². The summed E-state index contributed by atoms with van der Waals surface area (Å²) in [5.74, 6) is 0. The van der Waals surface area contributed by atoms with Gasteiger partial charge in [0.1, 0.15) is 0 Å². The van der Waals surface area contributed by atoms with E-state index in [4.69, 9.17) is 0 Å². The van der Waals surface area contributed by atoms with Crippen molar-refractivity contribution in [3.05, 3.63) is 17.5 Å². The molecule has 0 saturated carbocycles. The van der Waals surface area contributed by atoms with Crippen LogP contribution >= 0.6 is 0 Å². The molecule has 0 spiro atoms. The Bertz CT molecular complexity index is 346. The van der Waals surface area contributed by atoms with E-state index < -0.39 is 0 Å². The van der Waals surface area contributed by atoms with Gasteiger partial charge in [-0.25, -0.2) is 0 Å². The summed E-state index contributed by atoms with van der Waals surface area (Å²) in [6.45, 7) is 10.1. The number of aryl methyl sites for hydroxylation is 1. The van der Waals surface area contributed by atoms with Gasteiger partial charge in [-0.05, 0) is 27.7 Å². The molecule has 14 heavy (non-hydrogen) atoms. The zero-order valence-electron chi connectivity index (χ0n) is 9.70. The summed E-state index contributed by atoms with van der Waals surface area (Å²) < 4.78 is 1.92. The van der Waals surface area contributed by atoms with E-state index in [1.807, 2.05) is 11.7 Å². The summed E-state index contributed by atoms with van der Waals surface area (Å²) in [5, 5.41) is 4.51. The summed E-state index contributed by atoms with van der Waals surface area (Å²) in [6.07, 6.45) is 2.14. The SMILES string of the molecule is C[C@H]1c2nn(C)cc2CN1C(C)(C)C. The molecule has 3 nitrogen and oxygen atoms in total. The largest absolute Gasteiger partial charge is 0.286 e. The standard InChI is InChI=1S/C11H19N3/c1-8-10-9(6-13(5)12-10)7-14(8)11(2,3)4/h6,8H,7H2,1-5H3/t8-/m0/s1. The highest BCUT2D eigenvalue weighted by Crippen LogP contribution is 2.36. The Kier molecular flexibility index (Phi) is 1.96. The molecule has 0 saturated heterocycles. The van der Waals surface area contributed by atoms with Crippen LogP contribution in [0.1, 0.15) is 45.0 Å². The molecule has 3 heteroatoms. The Hall–Kier alpha value is -0.830. The highest BCUT2D eigenvalue weighted by Gasteiger charge is 2.35. The first-order chi connectivity index (χ1) is 6.39. The van der Waals surface area contributed by atoms with E-state index >= 15 is 0 Å². The topological polar surface area (TPSA) is 21.1 Å². The first-order valence-electron chi connectivity index (χ1n) is 5.19. The predicted molar refractivity (Wildman–Crippen MR) is 56.9 cm³/mol. The third kappa shape index (κ3) is 1.36. The molecule has 1 aromatic heterocycles. The first kappa shape index (κ1) is 9.71. The number of fused-ring (bicyclic) bond motifs is 1. The van der Waals surface area contributed by atoms with Gasteiger partial charge in [0.05, 0.1) is 11.7 Å². The molecule has 78 valence electrons. The van der Waals surface area contributed by atoms with E-state index in [9.17, 15) is 0 Å². The van der Waals surface area contributed by atoms with Crippen LogP contribution in [0.15, 0.2) is 6.20 Å². The van der Waals surface area contributed by atoms with Gasteiger partial charge < -0.3 is 0 Å². The summed E-state index contributed by atoms with van der Waals surface area (Å²) in [5.41, 5.74) is 2.86. The van der Waals surface area contributed by atoms with Crippen molar-refractivity contribution in [1.29, 1.82) is 0 Å². The van der Waals surface area contributed by atoms with Crippen molar-refractivity contribution in [3.8, 4) is 0 Å². The van der Waals surface area contributed by atoms with Crippen LogP contribution in [0.25, 0.3) is 0 Å². The van der Waals surface area contributed by atoms with Gasteiger partial charge >= 0.3 is 0 Å². The van der Waals surface area contributed by atoms with E-state index in [0.29, 0.717) is 6.04 Å². The molecule has 1 aliphatic heterocycles. The number of hydrogen-bond donors (Lipinski definition) is 0. The van der Waals surface area contributed by atoms with Gasteiger partial charge in [0.2, 0.25) is 0 Å². The summed E-state index contributed by atoms with van der Waals surface area (Å²) >= 11 is 0. The van der Waals surface area contributed by atoms with Crippen LogP contribution < -0.4 is 0 Å². The van der Waals surface area contributed by atoms with Gasteiger partial charge in [-0.2, -0.15) is 5.10 Å². The van der Waals surface area contributed by atoms with E-state index in [1.54, 1.807) is 0 Å².